The molecule has 1 aliphatic heterocycles. The van der Waals surface area contributed by atoms with Crippen molar-refractivity contribution in [3.63, 3.8) is 0 Å². The number of nitrogens with zero attached hydrogens (tertiary/aromatic N) is 1. The van der Waals surface area contributed by atoms with Crippen molar-refractivity contribution < 1.29 is 19.1 Å². The first-order chi connectivity index (χ1) is 9.72. The van der Waals surface area contributed by atoms with Crippen LogP contribution in [0.1, 0.15) is 41.0 Å². The molecular formula is C16H29NO4. The third-order valence-electron chi connectivity index (χ3n) is 4.14. The maximum atomic E-state index is 12.8. The first-order valence-corrected chi connectivity index (χ1v) is 7.70. The van der Waals surface area contributed by atoms with Crippen molar-refractivity contribution >= 4 is 11.9 Å². The van der Waals surface area contributed by atoms with Crippen LogP contribution in [0.2, 0.25) is 0 Å². The molecule has 5 nitrogen and oxygen atoms in total. The maximum absolute atomic E-state index is 12.8. The SMILES string of the molecule is CCOC(=O)C(C(=O)N1CCC(C)C(OC)C1)C(C)(C)C. The van der Waals surface area contributed by atoms with Gasteiger partial charge in [0.2, 0.25) is 5.91 Å². The van der Waals surface area contributed by atoms with Crippen molar-refractivity contribution in [3.8, 4) is 0 Å². The Bertz CT molecular complexity index is 375. The molecule has 1 aliphatic rings. The molecule has 1 saturated heterocycles. The molecule has 1 amide bonds. The van der Waals surface area contributed by atoms with Gasteiger partial charge in [-0.05, 0) is 24.7 Å². The second kappa shape index (κ2) is 7.25. The Kier molecular flexibility index (Phi) is 6.20. The van der Waals surface area contributed by atoms with Crippen LogP contribution in [0.25, 0.3) is 0 Å². The number of likely N-dealkylation sites (tertiary alicyclic amines) is 1. The molecule has 5 heteroatoms. The Balaban J connectivity index is 2.88. The highest BCUT2D eigenvalue weighted by molar-refractivity contribution is 5.98. The van der Waals surface area contributed by atoms with Crippen LogP contribution in [-0.4, -0.2) is 49.7 Å². The van der Waals surface area contributed by atoms with Gasteiger partial charge >= 0.3 is 5.97 Å². The Labute approximate surface area is 128 Å². The second-order valence-electron chi connectivity index (χ2n) is 6.88. The minimum Gasteiger partial charge on any atom is -0.465 e. The third-order valence-corrected chi connectivity index (χ3v) is 4.14. The summed E-state index contributed by atoms with van der Waals surface area (Å²) in [6.45, 7) is 11.1. The van der Waals surface area contributed by atoms with E-state index in [1.54, 1.807) is 18.9 Å². The summed E-state index contributed by atoms with van der Waals surface area (Å²) in [4.78, 5) is 26.7. The number of amides is 1. The average Bonchev–Trinajstić information content (AvgIpc) is 2.37. The van der Waals surface area contributed by atoms with Crippen LogP contribution in [0.4, 0.5) is 0 Å². The van der Waals surface area contributed by atoms with Gasteiger partial charge in [-0.15, -0.1) is 0 Å². The minimum atomic E-state index is -0.761. The largest absolute Gasteiger partial charge is 0.465 e. The number of methoxy groups -OCH3 is 1. The Morgan fingerprint density at radius 2 is 1.95 bits per heavy atom. The van der Waals surface area contributed by atoms with Crippen molar-refractivity contribution in [2.75, 3.05) is 26.8 Å². The molecular weight excluding hydrogens is 270 g/mol. The molecule has 0 N–H and O–H groups in total. The van der Waals surface area contributed by atoms with Gasteiger partial charge in [0.25, 0.3) is 0 Å². The number of hydrogen-bond acceptors (Lipinski definition) is 4. The van der Waals surface area contributed by atoms with Crippen LogP contribution in [0, 0.1) is 17.3 Å². The predicted molar refractivity (Wildman–Crippen MR) is 80.7 cm³/mol. The van der Waals surface area contributed by atoms with E-state index < -0.39 is 17.3 Å². The summed E-state index contributed by atoms with van der Waals surface area (Å²) in [7, 11) is 1.67. The van der Waals surface area contributed by atoms with Crippen molar-refractivity contribution in [2.45, 2.75) is 47.1 Å². The van der Waals surface area contributed by atoms with Crippen LogP contribution in [-0.2, 0) is 19.1 Å². The van der Waals surface area contributed by atoms with Crippen LogP contribution in [0.15, 0.2) is 0 Å². The van der Waals surface area contributed by atoms with Gasteiger partial charge in [0.05, 0.1) is 12.7 Å². The van der Waals surface area contributed by atoms with Gasteiger partial charge in [0.15, 0.2) is 0 Å². The van der Waals surface area contributed by atoms with Crippen LogP contribution in [0.5, 0.6) is 0 Å². The lowest BCUT2D eigenvalue weighted by molar-refractivity contribution is -0.162. The number of rotatable bonds is 4. The van der Waals surface area contributed by atoms with Crippen LogP contribution < -0.4 is 0 Å². The lowest BCUT2D eigenvalue weighted by Crippen LogP contribution is -2.52. The fourth-order valence-electron chi connectivity index (χ4n) is 2.77. The summed E-state index contributed by atoms with van der Waals surface area (Å²) in [5, 5.41) is 0. The second-order valence-corrected chi connectivity index (χ2v) is 6.88. The van der Waals surface area contributed by atoms with E-state index in [1.807, 2.05) is 20.8 Å². The molecule has 3 unspecified atom stereocenters. The average molecular weight is 299 g/mol. The van der Waals surface area contributed by atoms with E-state index in [4.69, 9.17) is 9.47 Å². The lowest BCUT2D eigenvalue weighted by Gasteiger charge is -2.39. The van der Waals surface area contributed by atoms with Crippen molar-refractivity contribution in [1.82, 2.24) is 4.90 Å². The zero-order chi connectivity index (χ0) is 16.2. The zero-order valence-electron chi connectivity index (χ0n) is 14.1. The predicted octanol–water partition coefficient (Wildman–Crippen LogP) is 2.10. The van der Waals surface area contributed by atoms with Crippen molar-refractivity contribution in [3.05, 3.63) is 0 Å². The molecule has 0 saturated carbocycles. The van der Waals surface area contributed by atoms with Gasteiger partial charge in [0.1, 0.15) is 5.92 Å². The highest BCUT2D eigenvalue weighted by Gasteiger charge is 2.42. The van der Waals surface area contributed by atoms with Gasteiger partial charge < -0.3 is 14.4 Å². The first kappa shape index (κ1) is 18.0. The fourth-order valence-corrected chi connectivity index (χ4v) is 2.77. The highest BCUT2D eigenvalue weighted by atomic mass is 16.5. The fraction of sp³-hybridized carbons (Fsp3) is 0.875. The molecule has 0 aliphatic carbocycles. The third kappa shape index (κ3) is 4.43. The van der Waals surface area contributed by atoms with Gasteiger partial charge in [-0.3, -0.25) is 9.59 Å². The number of ether oxygens (including phenoxy) is 2. The summed E-state index contributed by atoms with van der Waals surface area (Å²) in [5.74, 6) is -0.907. The molecule has 122 valence electrons. The molecule has 0 aromatic rings. The van der Waals surface area contributed by atoms with E-state index >= 15 is 0 Å². The molecule has 1 heterocycles. The van der Waals surface area contributed by atoms with E-state index in [1.165, 1.54) is 0 Å². The Hall–Kier alpha value is -1.10. The van der Waals surface area contributed by atoms with Gasteiger partial charge in [-0.1, -0.05) is 27.7 Å². The van der Waals surface area contributed by atoms with E-state index in [0.717, 1.165) is 6.42 Å². The standard InChI is InChI=1S/C16H29NO4/c1-7-21-15(19)13(16(3,4)5)14(18)17-9-8-11(2)12(10-17)20-6/h11-13H,7-10H2,1-6H3. The number of carbonyl (C=O) groups is 2. The Morgan fingerprint density at radius 1 is 1.33 bits per heavy atom. The topological polar surface area (TPSA) is 55.8 Å². The van der Waals surface area contributed by atoms with E-state index in [2.05, 4.69) is 6.92 Å². The summed E-state index contributed by atoms with van der Waals surface area (Å²) in [6, 6.07) is 0. The normalized spacial score (nSPS) is 24.6. The van der Waals surface area contributed by atoms with Crippen molar-refractivity contribution in [1.29, 1.82) is 0 Å². The van der Waals surface area contributed by atoms with E-state index in [-0.39, 0.29) is 18.6 Å². The molecule has 1 fully saturated rings. The molecule has 0 bridgehead atoms. The zero-order valence-corrected chi connectivity index (χ0v) is 14.1. The number of piperidine rings is 1. The minimum absolute atomic E-state index is 0.0329. The molecule has 21 heavy (non-hydrogen) atoms. The molecule has 1 rings (SSSR count). The first-order valence-electron chi connectivity index (χ1n) is 7.70. The summed E-state index contributed by atoms with van der Waals surface area (Å²) < 4.78 is 10.5. The van der Waals surface area contributed by atoms with Gasteiger partial charge in [-0.2, -0.15) is 0 Å². The molecule has 0 spiro atoms. The van der Waals surface area contributed by atoms with Crippen molar-refractivity contribution in [2.24, 2.45) is 17.3 Å². The molecule has 0 radical (unpaired) electrons. The Morgan fingerprint density at radius 3 is 2.43 bits per heavy atom. The van der Waals surface area contributed by atoms with Crippen LogP contribution >= 0.6 is 0 Å². The number of carbonyl (C=O) groups excluding carboxylic acids is 2. The van der Waals surface area contributed by atoms with Gasteiger partial charge in [0, 0.05) is 20.2 Å². The van der Waals surface area contributed by atoms with E-state index in [0.29, 0.717) is 19.0 Å². The lowest BCUT2D eigenvalue weighted by atomic mass is 9.79. The smallest absolute Gasteiger partial charge is 0.319 e. The molecule has 0 aromatic heterocycles. The maximum Gasteiger partial charge on any atom is 0.319 e. The van der Waals surface area contributed by atoms with E-state index in [9.17, 15) is 9.59 Å². The van der Waals surface area contributed by atoms with Gasteiger partial charge in [-0.25, -0.2) is 0 Å². The molecule has 0 aromatic carbocycles. The monoisotopic (exact) mass is 299 g/mol. The van der Waals surface area contributed by atoms with Crippen LogP contribution in [0.3, 0.4) is 0 Å². The summed E-state index contributed by atoms with van der Waals surface area (Å²) >= 11 is 0. The summed E-state index contributed by atoms with van der Waals surface area (Å²) in [6.07, 6.45) is 0.926. The summed E-state index contributed by atoms with van der Waals surface area (Å²) in [5.41, 5.74) is -0.463. The quantitative estimate of drug-likeness (QED) is 0.589. The molecule has 3 atom stereocenters. The number of esters is 1. The highest BCUT2D eigenvalue weighted by Crippen LogP contribution is 2.31. The number of hydrogen-bond donors (Lipinski definition) is 0.